The van der Waals surface area contributed by atoms with Gasteiger partial charge in [0.25, 0.3) is 0 Å². The van der Waals surface area contributed by atoms with Crippen molar-refractivity contribution >= 4 is 81.9 Å². The monoisotopic (exact) mass is 872 g/mol. The molecule has 1 heterocycles. The first-order chi connectivity index (χ1) is 31.3. The molecule has 6 nitrogen and oxygen atoms in total. The summed E-state index contributed by atoms with van der Waals surface area (Å²) in [6.45, 7) is 8.22. The lowest BCUT2D eigenvalue weighted by Crippen LogP contribution is -2.05. The van der Waals surface area contributed by atoms with Crippen LogP contribution in [0.15, 0.2) is 190 Å². The first-order valence-corrected chi connectivity index (χ1v) is 23.4. The largest absolute Gasteiger partial charge is 0.530 e. The van der Waals surface area contributed by atoms with Crippen molar-refractivity contribution in [3.63, 3.8) is 0 Å². The van der Waals surface area contributed by atoms with E-state index in [0.717, 1.165) is 87.2 Å². The van der Waals surface area contributed by atoms with Gasteiger partial charge >= 0.3 is 16.8 Å². The van der Waals surface area contributed by atoms with Crippen LogP contribution in [0, 0.1) is 27.7 Å². The van der Waals surface area contributed by atoms with E-state index >= 15 is 0 Å². The first kappa shape index (κ1) is 39.6. The van der Waals surface area contributed by atoms with Crippen LogP contribution < -0.4 is 18.1 Å². The highest BCUT2D eigenvalue weighted by atomic mass is 31.2. The normalized spacial score (nSPS) is 11.6. The number of aryl methyl sites for hydroxylation is 4. The Hall–Kier alpha value is -7.23. The lowest BCUT2D eigenvalue weighted by Gasteiger charge is -2.23. The maximum atomic E-state index is 7.13. The zero-order valence-corrected chi connectivity index (χ0v) is 37.5. The summed E-state index contributed by atoms with van der Waals surface area (Å²) in [5.41, 5.74) is 7.29. The van der Waals surface area contributed by atoms with Crippen molar-refractivity contribution in [1.82, 2.24) is 0 Å². The van der Waals surface area contributed by atoms with Crippen molar-refractivity contribution in [2.45, 2.75) is 27.7 Å². The Balaban J connectivity index is 1.13. The predicted molar refractivity (Wildman–Crippen MR) is 265 cm³/mol. The molecule has 0 saturated carbocycles. The van der Waals surface area contributed by atoms with Crippen LogP contribution in [-0.4, -0.2) is 0 Å². The molecule has 0 atom stereocenters. The number of benzene rings is 10. The average molecular weight is 873 g/mol. The Kier molecular flexibility index (Phi) is 10.2. The van der Waals surface area contributed by atoms with Gasteiger partial charge < -0.3 is 26.5 Å². The molecule has 0 aliphatic heterocycles. The Bertz CT molecular complexity index is 3500. The third-order valence-electron chi connectivity index (χ3n) is 11.8. The highest BCUT2D eigenvalue weighted by Gasteiger charge is 2.27. The Morgan fingerprint density at radius 3 is 1.23 bits per heavy atom. The molecular weight excluding hydrogens is 831 g/mol. The van der Waals surface area contributed by atoms with E-state index in [1.165, 1.54) is 0 Å². The van der Waals surface area contributed by atoms with E-state index in [1.54, 1.807) is 0 Å². The van der Waals surface area contributed by atoms with Gasteiger partial charge in [0.05, 0.1) is 0 Å². The fourth-order valence-electron chi connectivity index (χ4n) is 8.74. The molecule has 10 aromatic carbocycles. The fourth-order valence-corrected chi connectivity index (χ4v) is 10.9. The quantitative estimate of drug-likeness (QED) is 0.135. The molecule has 0 radical (unpaired) electrons. The summed E-state index contributed by atoms with van der Waals surface area (Å²) in [6, 6.07) is 62.1. The smallest absolute Gasteiger partial charge is 0.408 e. The zero-order chi connectivity index (χ0) is 43.3. The topological polar surface area (TPSA) is 63.2 Å². The summed E-state index contributed by atoms with van der Waals surface area (Å²) in [5, 5.41) is 10.3. The van der Waals surface area contributed by atoms with Gasteiger partial charge in [-0.15, -0.1) is 0 Å². The molecule has 0 spiro atoms. The molecule has 1 aromatic heterocycles. The van der Waals surface area contributed by atoms with Gasteiger partial charge in [-0.05, 0) is 118 Å². The summed E-state index contributed by atoms with van der Waals surface area (Å²) in [6.07, 6.45) is 0. The molecule has 64 heavy (non-hydrogen) atoms. The Morgan fingerprint density at radius 1 is 0.375 bits per heavy atom. The Labute approximate surface area is 372 Å². The van der Waals surface area contributed by atoms with Crippen molar-refractivity contribution in [3.8, 4) is 34.1 Å². The van der Waals surface area contributed by atoms with Gasteiger partial charge in [0.2, 0.25) is 0 Å². The van der Waals surface area contributed by atoms with E-state index in [9.17, 15) is 0 Å². The number of rotatable bonds is 9. The van der Waals surface area contributed by atoms with E-state index < -0.39 is 16.8 Å². The lowest BCUT2D eigenvalue weighted by molar-refractivity contribution is 0.386. The molecule has 11 rings (SSSR count). The van der Waals surface area contributed by atoms with Gasteiger partial charge in [0, 0.05) is 21.9 Å². The van der Waals surface area contributed by atoms with Crippen molar-refractivity contribution in [2.24, 2.45) is 0 Å². The van der Waals surface area contributed by atoms with Crippen LogP contribution in [0.3, 0.4) is 0 Å². The van der Waals surface area contributed by atoms with Crippen LogP contribution in [0.4, 0.5) is 0 Å². The first-order valence-electron chi connectivity index (χ1n) is 21.2. The minimum atomic E-state index is -2.06. The van der Waals surface area contributed by atoms with E-state index in [4.69, 9.17) is 26.5 Å². The molecule has 0 N–H and O–H groups in total. The van der Waals surface area contributed by atoms with Gasteiger partial charge in [0.1, 0.15) is 34.2 Å². The molecule has 0 unspecified atom stereocenters. The summed E-state index contributed by atoms with van der Waals surface area (Å²) < 4.78 is 41.5. The second kappa shape index (κ2) is 16.5. The molecule has 0 bridgehead atoms. The zero-order valence-electron chi connectivity index (χ0n) is 35.7. The third-order valence-corrected chi connectivity index (χ3v) is 13.8. The second-order valence-electron chi connectivity index (χ2n) is 16.2. The van der Waals surface area contributed by atoms with Gasteiger partial charge in [-0.1, -0.05) is 157 Å². The van der Waals surface area contributed by atoms with Crippen molar-refractivity contribution in [3.05, 3.63) is 204 Å². The highest BCUT2D eigenvalue weighted by Crippen LogP contribution is 2.53. The third kappa shape index (κ3) is 7.35. The van der Waals surface area contributed by atoms with E-state index in [-0.39, 0.29) is 0 Å². The van der Waals surface area contributed by atoms with Crippen molar-refractivity contribution in [2.75, 3.05) is 0 Å². The van der Waals surface area contributed by atoms with E-state index in [0.29, 0.717) is 34.2 Å². The van der Waals surface area contributed by atoms with Crippen LogP contribution in [0.5, 0.6) is 23.0 Å². The lowest BCUT2D eigenvalue weighted by atomic mass is 9.92. The SMILES string of the molecule is Cc1ccc(OP(Oc2ccc(C)cc2C)Oc2ccc3ccccc3c2-c2c(Op3oc4ccc5ccccc5c4c4c(ccc5ccccc54)o3)ccc3ccccc23)c(C)c1. The molecule has 8 heteroatoms. The second-order valence-corrected chi connectivity index (χ2v) is 18.2. The van der Waals surface area contributed by atoms with Crippen LogP contribution in [-0.2, 0) is 0 Å². The van der Waals surface area contributed by atoms with E-state index in [1.807, 2.05) is 86.6 Å². The van der Waals surface area contributed by atoms with Crippen molar-refractivity contribution < 1.29 is 26.5 Å². The van der Waals surface area contributed by atoms with Gasteiger partial charge in [0.15, 0.2) is 0 Å². The summed E-state index contributed by atoms with van der Waals surface area (Å²) in [5.74, 6) is 2.52. The number of hydrogen-bond donors (Lipinski definition) is 0. The average Bonchev–Trinajstić information content (AvgIpc) is 3.47. The molecule has 0 aliphatic carbocycles. The van der Waals surface area contributed by atoms with Crippen LogP contribution in [0.1, 0.15) is 22.3 Å². The minimum absolute atomic E-state index is 0.574. The number of fused-ring (bicyclic) bond motifs is 9. The highest BCUT2D eigenvalue weighted by molar-refractivity contribution is 7.43. The molecule has 11 aromatic rings. The fraction of sp³-hybridized carbons (Fsp3) is 0.0714. The van der Waals surface area contributed by atoms with E-state index in [2.05, 4.69) is 123 Å². The molecule has 0 aliphatic rings. The van der Waals surface area contributed by atoms with Gasteiger partial charge in [-0.3, -0.25) is 0 Å². The summed E-state index contributed by atoms with van der Waals surface area (Å²) >= 11 is 0. The molecule has 312 valence electrons. The van der Waals surface area contributed by atoms with Crippen LogP contribution >= 0.6 is 16.8 Å². The molecule has 0 saturated heterocycles. The number of hydrogen-bond acceptors (Lipinski definition) is 6. The molecule has 0 amide bonds. The van der Waals surface area contributed by atoms with Crippen LogP contribution in [0.25, 0.3) is 76.2 Å². The Morgan fingerprint density at radius 2 is 0.750 bits per heavy atom. The summed E-state index contributed by atoms with van der Waals surface area (Å²) in [4.78, 5) is 0. The van der Waals surface area contributed by atoms with Gasteiger partial charge in [-0.2, -0.15) is 0 Å². The maximum absolute atomic E-state index is 7.13. The maximum Gasteiger partial charge on any atom is 0.530 e. The van der Waals surface area contributed by atoms with Crippen molar-refractivity contribution in [1.29, 1.82) is 0 Å². The van der Waals surface area contributed by atoms with Gasteiger partial charge in [-0.25, -0.2) is 0 Å². The molecule has 0 fully saturated rings. The minimum Gasteiger partial charge on any atom is -0.408 e. The van der Waals surface area contributed by atoms with Crippen LogP contribution in [0.2, 0.25) is 0 Å². The standard InChI is InChI=1S/C56H42O6P2/c1-35-21-27-47(37(3)33-35)57-63(58-48-28-22-36(2)34-38(48)4)59-49-29-23-39-13-5-9-17-43(39)53(49)54-44-18-10-6-14-40(44)24-30-50(54)60-64-61-51-31-25-41-15-7-11-19-45(41)55(51)56-46-20-12-8-16-42(46)26-32-52(56)62-64/h5-34H,1-4H3. The predicted octanol–water partition coefficient (Wildman–Crippen LogP) is 17.4. The molecular formula is C56H42O6P2. The summed E-state index contributed by atoms with van der Waals surface area (Å²) in [7, 11) is -4.11.